The number of halogens is 4. The number of amides is 1. The summed E-state index contributed by atoms with van der Waals surface area (Å²) in [6, 6.07) is 0.843. The number of alkyl halides is 3. The molecule has 1 aromatic heterocycles. The maximum Gasteiger partial charge on any atom is 0.417 e. The molecule has 1 atom stereocenters. The lowest BCUT2D eigenvalue weighted by molar-refractivity contribution is -0.137. The number of hydrogen-bond acceptors (Lipinski definition) is 4. The van der Waals surface area contributed by atoms with Gasteiger partial charge in [-0.05, 0) is 56.7 Å². The summed E-state index contributed by atoms with van der Waals surface area (Å²) in [5.41, 5.74) is -0.892. The van der Waals surface area contributed by atoms with E-state index in [0.717, 1.165) is 63.7 Å². The molecular formula is C21H30ClF3N4O. The number of nitrogens with one attached hydrogen (secondary N) is 1. The van der Waals surface area contributed by atoms with Crippen LogP contribution in [0.15, 0.2) is 12.3 Å². The number of rotatable bonds is 6. The molecule has 9 heteroatoms. The number of likely N-dealkylation sites (tertiary alicyclic amines) is 2. The lowest BCUT2D eigenvalue weighted by atomic mass is 9.94. The Morgan fingerprint density at radius 2 is 2.00 bits per heavy atom. The van der Waals surface area contributed by atoms with E-state index >= 15 is 0 Å². The second kappa shape index (κ2) is 10.2. The van der Waals surface area contributed by atoms with Crippen molar-refractivity contribution in [2.45, 2.75) is 45.2 Å². The molecule has 0 bridgehead atoms. The van der Waals surface area contributed by atoms with Crippen molar-refractivity contribution in [1.29, 1.82) is 0 Å². The molecular weight excluding hydrogens is 417 g/mol. The van der Waals surface area contributed by atoms with Crippen molar-refractivity contribution in [2.24, 2.45) is 11.8 Å². The van der Waals surface area contributed by atoms with Gasteiger partial charge in [-0.2, -0.15) is 13.2 Å². The van der Waals surface area contributed by atoms with Gasteiger partial charge >= 0.3 is 6.18 Å². The normalized spacial score (nSPS) is 21.6. The first kappa shape index (κ1) is 23.1. The predicted molar refractivity (Wildman–Crippen MR) is 111 cm³/mol. The van der Waals surface area contributed by atoms with Crippen LogP contribution in [-0.4, -0.2) is 60.0 Å². The Kier molecular flexibility index (Phi) is 7.85. The Labute approximate surface area is 181 Å². The Morgan fingerprint density at radius 1 is 1.27 bits per heavy atom. The zero-order valence-corrected chi connectivity index (χ0v) is 18.1. The molecule has 1 N–H and O–H groups in total. The van der Waals surface area contributed by atoms with E-state index in [4.69, 9.17) is 11.6 Å². The van der Waals surface area contributed by atoms with Crippen LogP contribution in [0.25, 0.3) is 0 Å². The maximum atomic E-state index is 12.7. The summed E-state index contributed by atoms with van der Waals surface area (Å²) in [6.45, 7) is 7.49. The third-order valence-electron chi connectivity index (χ3n) is 6.06. The second-order valence-corrected chi connectivity index (χ2v) is 8.97. The highest BCUT2D eigenvalue weighted by molar-refractivity contribution is 6.32. The van der Waals surface area contributed by atoms with Gasteiger partial charge in [-0.3, -0.25) is 4.79 Å². The summed E-state index contributed by atoms with van der Waals surface area (Å²) < 4.78 is 38.1. The number of aromatic nitrogens is 1. The predicted octanol–water partition coefficient (Wildman–Crippen LogP) is 4.53. The van der Waals surface area contributed by atoms with Crippen molar-refractivity contribution in [3.05, 3.63) is 22.8 Å². The molecule has 3 heterocycles. The Bertz CT molecular complexity index is 723. The number of carbonyl (C=O) groups is 1. The van der Waals surface area contributed by atoms with Crippen molar-refractivity contribution in [3.8, 4) is 0 Å². The molecule has 1 unspecified atom stereocenters. The molecule has 2 fully saturated rings. The minimum Gasteiger partial charge on any atom is -0.368 e. The first-order chi connectivity index (χ1) is 14.2. The Hall–Kier alpha value is -1.54. The number of nitrogens with zero attached hydrogens (tertiary/aromatic N) is 3. The summed E-state index contributed by atoms with van der Waals surface area (Å²) in [5.74, 6) is 1.54. The van der Waals surface area contributed by atoms with Gasteiger partial charge in [-0.15, -0.1) is 0 Å². The minimum atomic E-state index is -4.48. The molecule has 1 aromatic rings. The minimum absolute atomic E-state index is 0.0579. The van der Waals surface area contributed by atoms with Crippen LogP contribution in [0.3, 0.4) is 0 Å². The average molecular weight is 447 g/mol. The van der Waals surface area contributed by atoms with Crippen LogP contribution >= 0.6 is 11.6 Å². The van der Waals surface area contributed by atoms with Crippen molar-refractivity contribution in [2.75, 3.05) is 44.6 Å². The van der Waals surface area contributed by atoms with Crippen LogP contribution in [0, 0.1) is 11.8 Å². The van der Waals surface area contributed by atoms with Crippen LogP contribution < -0.4 is 5.32 Å². The van der Waals surface area contributed by atoms with E-state index in [9.17, 15) is 18.0 Å². The highest BCUT2D eigenvalue weighted by atomic mass is 35.5. The molecule has 0 aromatic carbocycles. The van der Waals surface area contributed by atoms with Crippen molar-refractivity contribution in [3.63, 3.8) is 0 Å². The molecule has 0 radical (unpaired) electrons. The van der Waals surface area contributed by atoms with Crippen LogP contribution in [0.1, 0.15) is 44.6 Å². The van der Waals surface area contributed by atoms with E-state index in [1.165, 1.54) is 12.8 Å². The number of anilines is 1. The SMILES string of the molecule is CC1CCN(CC2CCCN(C(=O)CCNc3ncc(C(F)(F)F)cc3Cl)C2)CC1. The number of carbonyl (C=O) groups excluding carboxylic acids is 1. The molecule has 2 aliphatic rings. The maximum absolute atomic E-state index is 12.7. The second-order valence-electron chi connectivity index (χ2n) is 8.56. The fourth-order valence-electron chi connectivity index (χ4n) is 4.22. The molecule has 0 saturated carbocycles. The zero-order valence-electron chi connectivity index (χ0n) is 17.3. The van der Waals surface area contributed by atoms with Gasteiger partial charge in [-0.1, -0.05) is 18.5 Å². The highest BCUT2D eigenvalue weighted by Crippen LogP contribution is 2.32. The lowest BCUT2D eigenvalue weighted by Crippen LogP contribution is -2.45. The van der Waals surface area contributed by atoms with E-state index < -0.39 is 11.7 Å². The first-order valence-electron chi connectivity index (χ1n) is 10.7. The van der Waals surface area contributed by atoms with Gasteiger partial charge in [0.25, 0.3) is 0 Å². The molecule has 5 nitrogen and oxygen atoms in total. The lowest BCUT2D eigenvalue weighted by Gasteiger charge is -2.38. The van der Waals surface area contributed by atoms with E-state index in [1.807, 2.05) is 4.90 Å². The summed E-state index contributed by atoms with van der Waals surface area (Å²) in [6.07, 6.45) is 1.19. The molecule has 3 rings (SSSR count). The van der Waals surface area contributed by atoms with Crippen molar-refractivity contribution >= 4 is 23.3 Å². The van der Waals surface area contributed by atoms with Crippen LogP contribution in [-0.2, 0) is 11.0 Å². The molecule has 168 valence electrons. The summed E-state index contributed by atoms with van der Waals surface area (Å²) in [4.78, 5) is 20.8. The molecule has 0 spiro atoms. The van der Waals surface area contributed by atoms with Crippen LogP contribution in [0.4, 0.5) is 19.0 Å². The summed E-state index contributed by atoms with van der Waals surface area (Å²) in [5, 5.41) is 2.77. The van der Waals surface area contributed by atoms with Gasteiger partial charge in [0.1, 0.15) is 5.82 Å². The van der Waals surface area contributed by atoms with E-state index in [2.05, 4.69) is 22.1 Å². The molecule has 2 aliphatic heterocycles. The monoisotopic (exact) mass is 446 g/mol. The topological polar surface area (TPSA) is 48.5 Å². The fourth-order valence-corrected chi connectivity index (χ4v) is 4.45. The Morgan fingerprint density at radius 3 is 2.67 bits per heavy atom. The fraction of sp³-hybridized carbons (Fsp3) is 0.714. The van der Waals surface area contributed by atoms with Gasteiger partial charge in [0.05, 0.1) is 10.6 Å². The number of hydrogen-bond donors (Lipinski definition) is 1. The van der Waals surface area contributed by atoms with Gasteiger partial charge in [0.15, 0.2) is 0 Å². The third-order valence-corrected chi connectivity index (χ3v) is 6.35. The van der Waals surface area contributed by atoms with Crippen molar-refractivity contribution in [1.82, 2.24) is 14.8 Å². The van der Waals surface area contributed by atoms with Gasteiger partial charge in [0, 0.05) is 38.8 Å². The zero-order chi connectivity index (χ0) is 21.7. The third kappa shape index (κ3) is 6.48. The molecule has 1 amide bonds. The first-order valence-corrected chi connectivity index (χ1v) is 11.1. The number of pyridine rings is 1. The molecule has 0 aliphatic carbocycles. The van der Waals surface area contributed by atoms with Crippen LogP contribution in [0.2, 0.25) is 5.02 Å². The Balaban J connectivity index is 1.43. The van der Waals surface area contributed by atoms with E-state index in [-0.39, 0.29) is 29.7 Å². The van der Waals surface area contributed by atoms with Crippen LogP contribution in [0.5, 0.6) is 0 Å². The smallest absolute Gasteiger partial charge is 0.368 e. The van der Waals surface area contributed by atoms with Gasteiger partial charge in [-0.25, -0.2) is 4.98 Å². The number of piperidine rings is 2. The van der Waals surface area contributed by atoms with Gasteiger partial charge < -0.3 is 15.1 Å². The van der Waals surface area contributed by atoms with E-state index in [0.29, 0.717) is 5.92 Å². The quantitative estimate of drug-likeness (QED) is 0.697. The average Bonchev–Trinajstić information content (AvgIpc) is 2.70. The van der Waals surface area contributed by atoms with Crippen molar-refractivity contribution < 1.29 is 18.0 Å². The molecule has 30 heavy (non-hydrogen) atoms. The van der Waals surface area contributed by atoms with E-state index in [1.54, 1.807) is 0 Å². The largest absolute Gasteiger partial charge is 0.417 e. The van der Waals surface area contributed by atoms with Gasteiger partial charge in [0.2, 0.25) is 5.91 Å². The summed E-state index contributed by atoms with van der Waals surface area (Å²) >= 11 is 5.90. The highest BCUT2D eigenvalue weighted by Gasteiger charge is 2.31. The summed E-state index contributed by atoms with van der Waals surface area (Å²) in [7, 11) is 0. The molecule has 2 saturated heterocycles. The standard InChI is InChI=1S/C21H30ClF3N4O/c1-15-5-9-28(10-6-15)13-16-3-2-8-29(14-16)19(30)4-7-26-20-18(22)11-17(12-27-20)21(23,24)25/h11-12,15-16H,2-10,13-14H2,1H3,(H,26,27).